The summed E-state index contributed by atoms with van der Waals surface area (Å²) < 4.78 is 0.610. The van der Waals surface area contributed by atoms with E-state index < -0.39 is 0 Å². The number of pyridine rings is 2. The average molecular weight is 303 g/mol. The van der Waals surface area contributed by atoms with Crippen molar-refractivity contribution in [2.24, 2.45) is 0 Å². The molecule has 0 spiro atoms. The van der Waals surface area contributed by atoms with E-state index in [1.165, 1.54) is 0 Å². The molecule has 0 unspecified atom stereocenters. The minimum Gasteiger partial charge on any atom is -0.306 e. The Morgan fingerprint density at radius 2 is 2.00 bits per heavy atom. The van der Waals surface area contributed by atoms with E-state index >= 15 is 0 Å². The van der Waals surface area contributed by atoms with Crippen LogP contribution in [0.2, 0.25) is 0 Å². The third-order valence-corrected chi connectivity index (χ3v) is 2.95. The van der Waals surface area contributed by atoms with Crippen molar-refractivity contribution in [3.63, 3.8) is 0 Å². The number of rotatable bonds is 1. The number of nitrogens with one attached hydrogen (secondary N) is 1. The maximum atomic E-state index is 12.0. The normalized spacial score (nSPS) is 10.7. The van der Waals surface area contributed by atoms with Crippen LogP contribution in [0.25, 0.3) is 22.3 Å². The molecule has 0 fully saturated rings. The number of halogens is 1. The second-order valence-corrected chi connectivity index (χ2v) is 4.49. The zero-order chi connectivity index (χ0) is 12.5. The summed E-state index contributed by atoms with van der Waals surface area (Å²) >= 11 is 3.23. The van der Waals surface area contributed by atoms with Crippen molar-refractivity contribution in [1.29, 1.82) is 0 Å². The van der Waals surface area contributed by atoms with Crippen molar-refractivity contribution in [2.45, 2.75) is 0 Å². The number of aromatic nitrogens is 4. The van der Waals surface area contributed by atoms with E-state index in [0.717, 1.165) is 5.56 Å². The van der Waals surface area contributed by atoms with Gasteiger partial charge in [0.25, 0.3) is 5.56 Å². The molecule has 5 nitrogen and oxygen atoms in total. The molecule has 88 valence electrons. The van der Waals surface area contributed by atoms with Crippen molar-refractivity contribution in [3.05, 3.63) is 51.7 Å². The van der Waals surface area contributed by atoms with E-state index in [4.69, 9.17) is 0 Å². The highest BCUT2D eigenvalue weighted by molar-refractivity contribution is 9.10. The van der Waals surface area contributed by atoms with Gasteiger partial charge in [-0.2, -0.15) is 0 Å². The lowest BCUT2D eigenvalue weighted by atomic mass is 10.2. The summed E-state index contributed by atoms with van der Waals surface area (Å²) in [5.74, 6) is 0.513. The fourth-order valence-electron chi connectivity index (χ4n) is 1.66. The van der Waals surface area contributed by atoms with Gasteiger partial charge in [-0.05, 0) is 34.1 Å². The Morgan fingerprint density at radius 3 is 2.78 bits per heavy atom. The van der Waals surface area contributed by atoms with Crippen molar-refractivity contribution >= 4 is 26.8 Å². The molecule has 3 aromatic heterocycles. The number of nitrogens with zero attached hydrogens (tertiary/aromatic N) is 3. The SMILES string of the molecule is O=c1[nH]c(-c2ccncc2)nc2cnc(Br)cc12. The predicted molar refractivity (Wildman–Crippen MR) is 71.1 cm³/mol. The second-order valence-electron chi connectivity index (χ2n) is 3.67. The van der Waals surface area contributed by atoms with Crippen LogP contribution >= 0.6 is 15.9 Å². The first-order valence-corrected chi connectivity index (χ1v) is 5.99. The van der Waals surface area contributed by atoms with Crippen molar-refractivity contribution in [3.8, 4) is 11.4 Å². The molecule has 3 rings (SSSR count). The van der Waals surface area contributed by atoms with Crippen LogP contribution in [-0.4, -0.2) is 19.9 Å². The van der Waals surface area contributed by atoms with Crippen LogP contribution in [0.15, 0.2) is 46.2 Å². The lowest BCUT2D eigenvalue weighted by molar-refractivity contribution is 1.15. The molecule has 0 saturated carbocycles. The van der Waals surface area contributed by atoms with Gasteiger partial charge in [-0.3, -0.25) is 9.78 Å². The van der Waals surface area contributed by atoms with Crippen LogP contribution in [0.4, 0.5) is 0 Å². The van der Waals surface area contributed by atoms with E-state index in [0.29, 0.717) is 21.3 Å². The zero-order valence-electron chi connectivity index (χ0n) is 9.09. The fraction of sp³-hybridized carbons (Fsp3) is 0. The van der Waals surface area contributed by atoms with Crippen molar-refractivity contribution in [2.75, 3.05) is 0 Å². The van der Waals surface area contributed by atoms with E-state index in [1.54, 1.807) is 36.8 Å². The zero-order valence-corrected chi connectivity index (χ0v) is 10.7. The molecule has 0 radical (unpaired) electrons. The molecule has 0 bridgehead atoms. The first kappa shape index (κ1) is 11.0. The topological polar surface area (TPSA) is 71.5 Å². The smallest absolute Gasteiger partial charge is 0.259 e. The quantitative estimate of drug-likeness (QED) is 0.699. The molecule has 0 aliphatic heterocycles. The van der Waals surface area contributed by atoms with Crippen LogP contribution in [0.5, 0.6) is 0 Å². The first-order valence-electron chi connectivity index (χ1n) is 5.20. The van der Waals surface area contributed by atoms with E-state index in [2.05, 4.69) is 35.9 Å². The molecule has 0 atom stereocenters. The summed E-state index contributed by atoms with van der Waals surface area (Å²) in [4.78, 5) is 27.1. The maximum absolute atomic E-state index is 12.0. The Bertz CT molecular complexity index is 770. The maximum Gasteiger partial charge on any atom is 0.259 e. The number of aromatic amines is 1. The van der Waals surface area contributed by atoms with Crippen LogP contribution < -0.4 is 5.56 Å². The average Bonchev–Trinajstić information content (AvgIpc) is 2.40. The predicted octanol–water partition coefficient (Wildman–Crippen LogP) is 2.14. The van der Waals surface area contributed by atoms with E-state index in [9.17, 15) is 4.79 Å². The standard InChI is InChI=1S/C12H7BrN4O/c13-10-5-8-9(6-15-10)16-11(17-12(8)18)7-1-3-14-4-2-7/h1-6H,(H,16,17,18). The Balaban J connectivity index is 2.29. The largest absolute Gasteiger partial charge is 0.306 e. The van der Waals surface area contributed by atoms with Gasteiger partial charge < -0.3 is 4.98 Å². The number of H-pyrrole nitrogens is 1. The van der Waals surface area contributed by atoms with Gasteiger partial charge >= 0.3 is 0 Å². The summed E-state index contributed by atoms with van der Waals surface area (Å²) in [5, 5.41) is 0.509. The van der Waals surface area contributed by atoms with Gasteiger partial charge in [-0.15, -0.1) is 0 Å². The molecule has 18 heavy (non-hydrogen) atoms. The molecule has 1 N–H and O–H groups in total. The summed E-state index contributed by atoms with van der Waals surface area (Å²) in [6.07, 6.45) is 4.87. The molecule has 6 heteroatoms. The lowest BCUT2D eigenvalue weighted by Gasteiger charge is -2.02. The highest BCUT2D eigenvalue weighted by atomic mass is 79.9. The molecular weight excluding hydrogens is 296 g/mol. The first-order chi connectivity index (χ1) is 8.74. The second kappa shape index (κ2) is 4.30. The summed E-state index contributed by atoms with van der Waals surface area (Å²) in [6.45, 7) is 0. The van der Waals surface area contributed by atoms with Gasteiger partial charge in [-0.1, -0.05) is 0 Å². The van der Waals surface area contributed by atoms with Crippen molar-refractivity contribution < 1.29 is 0 Å². The van der Waals surface area contributed by atoms with E-state index in [-0.39, 0.29) is 5.56 Å². The van der Waals surface area contributed by atoms with E-state index in [1.807, 2.05) is 0 Å². The molecule has 3 aromatic rings. The van der Waals surface area contributed by atoms with Crippen LogP contribution in [0.3, 0.4) is 0 Å². The van der Waals surface area contributed by atoms with Gasteiger partial charge in [0.05, 0.1) is 17.1 Å². The monoisotopic (exact) mass is 302 g/mol. The van der Waals surface area contributed by atoms with Gasteiger partial charge in [0, 0.05) is 18.0 Å². The number of hydrogen-bond donors (Lipinski definition) is 1. The van der Waals surface area contributed by atoms with Gasteiger partial charge in [0.1, 0.15) is 10.4 Å². The lowest BCUT2D eigenvalue weighted by Crippen LogP contribution is -2.09. The highest BCUT2D eigenvalue weighted by Gasteiger charge is 2.06. The molecule has 0 aromatic carbocycles. The molecule has 0 amide bonds. The number of hydrogen-bond acceptors (Lipinski definition) is 4. The molecule has 3 heterocycles. The van der Waals surface area contributed by atoms with Gasteiger partial charge in [0.15, 0.2) is 0 Å². The summed E-state index contributed by atoms with van der Waals surface area (Å²) in [5.41, 5.74) is 1.19. The minimum atomic E-state index is -0.185. The highest BCUT2D eigenvalue weighted by Crippen LogP contribution is 2.16. The molecular formula is C12H7BrN4O. The van der Waals surface area contributed by atoms with Crippen LogP contribution in [0.1, 0.15) is 0 Å². The number of fused-ring (bicyclic) bond motifs is 1. The third-order valence-electron chi connectivity index (χ3n) is 2.51. The molecule has 0 saturated heterocycles. The van der Waals surface area contributed by atoms with Gasteiger partial charge in [-0.25, -0.2) is 9.97 Å². The van der Waals surface area contributed by atoms with Crippen LogP contribution in [0, 0.1) is 0 Å². The molecule has 0 aliphatic carbocycles. The summed E-state index contributed by atoms with van der Waals surface area (Å²) in [6, 6.07) is 5.23. The van der Waals surface area contributed by atoms with Crippen LogP contribution in [-0.2, 0) is 0 Å². The molecule has 0 aliphatic rings. The Labute approximate surface area is 110 Å². The van der Waals surface area contributed by atoms with Crippen molar-refractivity contribution in [1.82, 2.24) is 19.9 Å². The van der Waals surface area contributed by atoms with Gasteiger partial charge in [0.2, 0.25) is 0 Å². The Hall–Kier alpha value is -2.08. The third kappa shape index (κ3) is 1.91. The minimum absolute atomic E-state index is 0.185. The summed E-state index contributed by atoms with van der Waals surface area (Å²) in [7, 11) is 0. The fourth-order valence-corrected chi connectivity index (χ4v) is 1.99. The Morgan fingerprint density at radius 1 is 1.22 bits per heavy atom. The Kier molecular flexibility index (Phi) is 2.64.